The van der Waals surface area contributed by atoms with Crippen LogP contribution in [-0.2, 0) is 21.8 Å². The van der Waals surface area contributed by atoms with Crippen molar-refractivity contribution in [3.63, 3.8) is 0 Å². The summed E-state index contributed by atoms with van der Waals surface area (Å²) < 4.78 is 33.9. The average molecular weight is 458 g/mol. The minimum atomic E-state index is -3.88. The molecule has 2 heterocycles. The zero-order chi connectivity index (χ0) is 23.5. The number of nitrogens with one attached hydrogen (secondary N) is 2. The van der Waals surface area contributed by atoms with Crippen LogP contribution in [0.25, 0.3) is 0 Å². The Kier molecular flexibility index (Phi) is 6.58. The maximum absolute atomic E-state index is 12.9. The lowest BCUT2D eigenvalue weighted by atomic mass is 10.1. The quantitative estimate of drug-likeness (QED) is 0.521. The lowest BCUT2D eigenvalue weighted by molar-refractivity contribution is 0.0514. The van der Waals surface area contributed by atoms with E-state index in [2.05, 4.69) is 20.0 Å². The van der Waals surface area contributed by atoms with E-state index in [-0.39, 0.29) is 17.5 Å². The van der Waals surface area contributed by atoms with Crippen molar-refractivity contribution in [1.29, 1.82) is 0 Å². The Bertz CT molecular complexity index is 1250. The van der Waals surface area contributed by atoms with Gasteiger partial charge < -0.3 is 14.6 Å². The number of esters is 1. The molecule has 0 fully saturated rings. The number of benzene rings is 1. The molecule has 1 aromatic carbocycles. The number of sulfonamides is 1. The van der Waals surface area contributed by atoms with E-state index in [9.17, 15) is 18.0 Å². The number of rotatable bonds is 7. The topological polar surface area (TPSA) is 132 Å². The van der Waals surface area contributed by atoms with E-state index < -0.39 is 21.9 Å². The highest BCUT2D eigenvalue weighted by atomic mass is 32.2. The summed E-state index contributed by atoms with van der Waals surface area (Å²) >= 11 is 0. The Morgan fingerprint density at radius 3 is 2.31 bits per heavy atom. The summed E-state index contributed by atoms with van der Waals surface area (Å²) in [6.07, 6.45) is 2.84. The van der Waals surface area contributed by atoms with Crippen LogP contribution < -0.4 is 10.0 Å². The predicted octanol–water partition coefficient (Wildman–Crippen LogP) is 2.66. The summed E-state index contributed by atoms with van der Waals surface area (Å²) in [5.41, 5.74) is 2.17. The van der Waals surface area contributed by atoms with Gasteiger partial charge in [-0.1, -0.05) is 0 Å². The van der Waals surface area contributed by atoms with Crippen LogP contribution in [0.3, 0.4) is 0 Å². The summed E-state index contributed by atoms with van der Waals surface area (Å²) in [4.78, 5) is 32.8. The van der Waals surface area contributed by atoms with Crippen LogP contribution in [0.15, 0.2) is 47.6 Å². The summed E-state index contributed by atoms with van der Waals surface area (Å²) in [7, 11) is -2.19. The van der Waals surface area contributed by atoms with E-state index in [1.807, 2.05) is 0 Å². The minimum absolute atomic E-state index is 0.0142. The summed E-state index contributed by atoms with van der Waals surface area (Å²) in [6.45, 7) is 5.35. The van der Waals surface area contributed by atoms with Crippen molar-refractivity contribution >= 4 is 33.5 Å². The number of hydrogen-bond donors (Lipinski definition) is 2. The number of carbonyl (C=O) groups excluding carboxylic acids is 2. The van der Waals surface area contributed by atoms with Crippen molar-refractivity contribution in [2.24, 2.45) is 7.05 Å². The fourth-order valence-electron chi connectivity index (χ4n) is 3.24. The highest BCUT2D eigenvalue weighted by molar-refractivity contribution is 7.92. The summed E-state index contributed by atoms with van der Waals surface area (Å²) in [5, 5.41) is 2.74. The number of anilines is 2. The van der Waals surface area contributed by atoms with E-state index in [0.717, 1.165) is 0 Å². The number of hydrogen-bond acceptors (Lipinski definition) is 7. The van der Waals surface area contributed by atoms with Crippen LogP contribution in [0.5, 0.6) is 0 Å². The van der Waals surface area contributed by atoms with Crippen LogP contribution in [0.2, 0.25) is 0 Å². The molecule has 0 unspecified atom stereocenters. The van der Waals surface area contributed by atoms with E-state index >= 15 is 0 Å². The predicted molar refractivity (Wildman–Crippen MR) is 118 cm³/mol. The molecule has 0 radical (unpaired) electrons. The van der Waals surface area contributed by atoms with Crippen LogP contribution in [0, 0.1) is 13.8 Å². The first-order chi connectivity index (χ1) is 15.2. The molecule has 0 saturated carbocycles. The van der Waals surface area contributed by atoms with Gasteiger partial charge in [0.25, 0.3) is 15.9 Å². The van der Waals surface area contributed by atoms with Crippen molar-refractivity contribution < 1.29 is 22.7 Å². The molecule has 0 atom stereocenters. The fraction of sp³-hybridized carbons (Fsp3) is 0.238. The molecule has 10 nitrogen and oxygen atoms in total. The average Bonchev–Trinajstić information content (AvgIpc) is 2.97. The maximum Gasteiger partial charge on any atom is 0.355 e. The Labute approximate surface area is 185 Å². The second-order valence-electron chi connectivity index (χ2n) is 6.87. The summed E-state index contributed by atoms with van der Waals surface area (Å²) in [6, 6.07) is 7.22. The monoisotopic (exact) mass is 457 g/mol. The Morgan fingerprint density at radius 1 is 1.09 bits per heavy atom. The lowest BCUT2D eigenvalue weighted by Crippen LogP contribution is -2.16. The van der Waals surface area contributed by atoms with E-state index in [1.165, 1.54) is 36.7 Å². The van der Waals surface area contributed by atoms with Crippen molar-refractivity contribution in [3.8, 4) is 0 Å². The largest absolute Gasteiger partial charge is 0.461 e. The number of aromatic nitrogens is 3. The molecule has 0 aliphatic carbocycles. The first kappa shape index (κ1) is 22.9. The highest BCUT2D eigenvalue weighted by Gasteiger charge is 2.26. The van der Waals surface area contributed by atoms with Crippen LogP contribution in [0.1, 0.15) is 39.0 Å². The second-order valence-corrected chi connectivity index (χ2v) is 8.55. The Balaban J connectivity index is 1.80. The van der Waals surface area contributed by atoms with E-state index in [1.54, 1.807) is 38.5 Å². The third kappa shape index (κ3) is 4.62. The number of amides is 1. The van der Waals surface area contributed by atoms with Gasteiger partial charge in [0, 0.05) is 30.8 Å². The standard InChI is InChI=1S/C21H23N5O5S/c1-5-31-20(28)18-13(2)17(14(3)26(18)4)19(27)24-15-7-9-16(10-8-15)32(29,30)25-21-22-11-6-12-23-21/h6-12H,5H2,1-4H3,(H,24,27)(H,22,23,25). The van der Waals surface area contributed by atoms with Gasteiger partial charge in [-0.15, -0.1) is 0 Å². The van der Waals surface area contributed by atoms with Crippen LogP contribution in [-0.4, -0.2) is 41.4 Å². The first-order valence-corrected chi connectivity index (χ1v) is 11.2. The molecule has 168 valence electrons. The number of carbonyl (C=O) groups is 2. The molecule has 1 amide bonds. The zero-order valence-corrected chi connectivity index (χ0v) is 18.9. The minimum Gasteiger partial charge on any atom is -0.461 e. The van der Waals surface area contributed by atoms with Gasteiger partial charge in [-0.05, 0) is 56.7 Å². The molecule has 0 aliphatic heterocycles. The first-order valence-electron chi connectivity index (χ1n) is 9.70. The van der Waals surface area contributed by atoms with Crippen molar-refractivity contribution in [2.45, 2.75) is 25.7 Å². The van der Waals surface area contributed by atoms with Gasteiger partial charge in [0.15, 0.2) is 0 Å². The fourth-order valence-corrected chi connectivity index (χ4v) is 4.20. The Morgan fingerprint density at radius 2 is 1.72 bits per heavy atom. The SMILES string of the molecule is CCOC(=O)c1c(C)c(C(=O)Nc2ccc(S(=O)(=O)Nc3ncccn3)cc2)c(C)n1C. The zero-order valence-electron chi connectivity index (χ0n) is 18.0. The van der Waals surface area contributed by atoms with Crippen LogP contribution >= 0.6 is 0 Å². The Hall–Kier alpha value is -3.73. The molecule has 0 spiro atoms. The molecular weight excluding hydrogens is 434 g/mol. The molecule has 0 bridgehead atoms. The highest BCUT2D eigenvalue weighted by Crippen LogP contribution is 2.24. The number of nitrogens with zero attached hydrogens (tertiary/aromatic N) is 3. The normalized spacial score (nSPS) is 11.1. The van der Waals surface area contributed by atoms with Gasteiger partial charge in [0.2, 0.25) is 5.95 Å². The molecule has 0 aliphatic rings. The van der Waals surface area contributed by atoms with Gasteiger partial charge >= 0.3 is 5.97 Å². The summed E-state index contributed by atoms with van der Waals surface area (Å²) in [5.74, 6) is -0.964. The maximum atomic E-state index is 12.9. The van der Waals surface area contributed by atoms with Gasteiger partial charge in [-0.25, -0.2) is 27.9 Å². The van der Waals surface area contributed by atoms with E-state index in [4.69, 9.17) is 4.74 Å². The van der Waals surface area contributed by atoms with Gasteiger partial charge in [0.1, 0.15) is 5.69 Å². The van der Waals surface area contributed by atoms with Gasteiger partial charge in [-0.2, -0.15) is 0 Å². The molecule has 0 saturated heterocycles. The smallest absolute Gasteiger partial charge is 0.355 e. The van der Waals surface area contributed by atoms with E-state index in [0.29, 0.717) is 28.2 Å². The number of ether oxygens (including phenoxy) is 1. The third-order valence-corrected chi connectivity index (χ3v) is 6.18. The molecule has 11 heteroatoms. The van der Waals surface area contributed by atoms with Gasteiger partial charge in [0.05, 0.1) is 17.1 Å². The van der Waals surface area contributed by atoms with Crippen molar-refractivity contribution in [1.82, 2.24) is 14.5 Å². The molecule has 2 aromatic heterocycles. The molecular formula is C21H23N5O5S. The third-order valence-electron chi connectivity index (χ3n) is 4.84. The van der Waals surface area contributed by atoms with Gasteiger partial charge in [-0.3, -0.25) is 4.79 Å². The molecule has 3 rings (SSSR count). The molecule has 3 aromatic rings. The molecule has 32 heavy (non-hydrogen) atoms. The second kappa shape index (κ2) is 9.18. The van der Waals surface area contributed by atoms with Crippen molar-refractivity contribution in [2.75, 3.05) is 16.6 Å². The van der Waals surface area contributed by atoms with Crippen LogP contribution in [0.4, 0.5) is 11.6 Å². The molecule has 2 N–H and O–H groups in total. The van der Waals surface area contributed by atoms with Crippen molar-refractivity contribution in [3.05, 3.63) is 65.2 Å². The lowest BCUT2D eigenvalue weighted by Gasteiger charge is -2.09.